The molecular weight excluding hydrogens is 282 g/mol. The van der Waals surface area contributed by atoms with Gasteiger partial charge < -0.3 is 0 Å². The zero-order valence-corrected chi connectivity index (χ0v) is 14.5. The van der Waals surface area contributed by atoms with E-state index in [1.807, 2.05) is 30.3 Å². The predicted molar refractivity (Wildman–Crippen MR) is 90.8 cm³/mol. The summed E-state index contributed by atoms with van der Waals surface area (Å²) in [5, 5.41) is 9.70. The molecule has 20 heavy (non-hydrogen) atoms. The van der Waals surface area contributed by atoms with Gasteiger partial charge in [0.15, 0.2) is 0 Å². The van der Waals surface area contributed by atoms with Crippen LogP contribution in [0.15, 0.2) is 42.1 Å². The molecule has 0 aromatic heterocycles. The number of nitrogens with zero attached hydrogens (tertiary/aromatic N) is 1. The van der Waals surface area contributed by atoms with Gasteiger partial charge in [-0.05, 0) is 24.8 Å². The molecule has 0 saturated heterocycles. The van der Waals surface area contributed by atoms with E-state index in [0.717, 1.165) is 18.4 Å². The van der Waals surface area contributed by atoms with Crippen LogP contribution in [0.2, 0.25) is 19.6 Å². The highest BCUT2D eigenvalue weighted by atomic mass is 35.5. The zero-order valence-electron chi connectivity index (χ0n) is 12.7. The normalized spacial score (nSPS) is 14.9. The van der Waals surface area contributed by atoms with Crippen LogP contribution in [0.1, 0.15) is 24.8 Å². The first kappa shape index (κ1) is 17.0. The van der Waals surface area contributed by atoms with Crippen molar-refractivity contribution >= 4 is 19.7 Å². The van der Waals surface area contributed by atoms with Crippen molar-refractivity contribution < 1.29 is 0 Å². The lowest BCUT2D eigenvalue weighted by Gasteiger charge is -2.26. The van der Waals surface area contributed by atoms with Gasteiger partial charge in [-0.15, -0.1) is 11.6 Å². The van der Waals surface area contributed by atoms with Gasteiger partial charge in [-0.1, -0.05) is 61.7 Å². The third kappa shape index (κ3) is 5.15. The molecule has 1 unspecified atom stereocenters. The van der Waals surface area contributed by atoms with Crippen molar-refractivity contribution in [2.75, 3.05) is 5.88 Å². The Morgan fingerprint density at radius 3 is 2.35 bits per heavy atom. The highest BCUT2D eigenvalue weighted by Gasteiger charge is 2.30. The number of nitriles is 1. The Bertz CT molecular complexity index is 470. The second kappa shape index (κ2) is 7.66. The maximum atomic E-state index is 9.70. The summed E-state index contributed by atoms with van der Waals surface area (Å²) in [6.07, 6.45) is 4.72. The summed E-state index contributed by atoms with van der Waals surface area (Å²) in [5.74, 6) is 0.514. The van der Waals surface area contributed by atoms with E-state index < -0.39 is 13.5 Å². The molecule has 1 aromatic rings. The Hall–Kier alpha value is -1.04. The van der Waals surface area contributed by atoms with Gasteiger partial charge in [0.05, 0.1) is 19.6 Å². The van der Waals surface area contributed by atoms with E-state index in [1.54, 1.807) is 0 Å². The topological polar surface area (TPSA) is 23.8 Å². The molecule has 0 aliphatic rings. The van der Waals surface area contributed by atoms with E-state index in [-0.39, 0.29) is 0 Å². The van der Waals surface area contributed by atoms with E-state index in [2.05, 4.69) is 37.5 Å². The zero-order chi connectivity index (χ0) is 15.1. The molecule has 0 radical (unpaired) electrons. The first-order valence-corrected chi connectivity index (χ1v) is 11.3. The highest BCUT2D eigenvalue weighted by Crippen LogP contribution is 2.33. The van der Waals surface area contributed by atoms with Crippen LogP contribution in [0.3, 0.4) is 0 Å². The largest absolute Gasteiger partial charge is 0.197 e. The molecule has 0 bridgehead atoms. The molecule has 0 heterocycles. The molecule has 108 valence electrons. The maximum Gasteiger partial charge on any atom is 0.0836 e. The molecule has 0 spiro atoms. The van der Waals surface area contributed by atoms with Crippen molar-refractivity contribution in [3.63, 3.8) is 0 Å². The quantitative estimate of drug-likeness (QED) is 0.496. The summed E-state index contributed by atoms with van der Waals surface area (Å²) in [5.41, 5.74) is 2.98. The smallest absolute Gasteiger partial charge is 0.0836 e. The third-order valence-corrected chi connectivity index (χ3v) is 4.84. The molecule has 0 aliphatic heterocycles. The average molecular weight is 306 g/mol. The summed E-state index contributed by atoms with van der Waals surface area (Å²) in [6, 6.07) is 12.6. The van der Waals surface area contributed by atoms with Crippen molar-refractivity contribution in [1.29, 1.82) is 5.26 Å². The lowest BCUT2D eigenvalue weighted by Crippen LogP contribution is -2.25. The fourth-order valence-electron chi connectivity index (χ4n) is 2.28. The highest BCUT2D eigenvalue weighted by molar-refractivity contribution is 6.80. The summed E-state index contributed by atoms with van der Waals surface area (Å²) in [7, 11) is -1.15. The Morgan fingerprint density at radius 2 is 1.85 bits per heavy atom. The van der Waals surface area contributed by atoms with Crippen LogP contribution >= 0.6 is 11.6 Å². The van der Waals surface area contributed by atoms with Crippen LogP contribution in [0.25, 0.3) is 0 Å². The molecule has 1 nitrogen and oxygen atoms in total. The molecule has 1 aromatic carbocycles. The molecule has 0 fully saturated rings. The van der Waals surface area contributed by atoms with Crippen molar-refractivity contribution in [2.24, 2.45) is 0 Å². The van der Waals surface area contributed by atoms with E-state index in [1.165, 1.54) is 0 Å². The van der Waals surface area contributed by atoms with Gasteiger partial charge in [0, 0.05) is 5.88 Å². The number of rotatable bonds is 7. The molecule has 3 heteroatoms. The summed E-state index contributed by atoms with van der Waals surface area (Å²) in [4.78, 5) is 0. The number of benzene rings is 1. The Morgan fingerprint density at radius 1 is 1.20 bits per heavy atom. The second-order valence-corrected chi connectivity index (χ2v) is 11.7. The van der Waals surface area contributed by atoms with Gasteiger partial charge in [0.1, 0.15) is 0 Å². The Balaban J connectivity index is 2.86. The van der Waals surface area contributed by atoms with Crippen molar-refractivity contribution in [3.05, 3.63) is 47.7 Å². The molecule has 1 atom stereocenters. The van der Waals surface area contributed by atoms with Crippen LogP contribution in [0.4, 0.5) is 0 Å². The minimum atomic E-state index is -1.15. The van der Waals surface area contributed by atoms with Crippen molar-refractivity contribution in [3.8, 4) is 6.07 Å². The lowest BCUT2D eigenvalue weighted by atomic mass is 9.76. The van der Waals surface area contributed by atoms with E-state index >= 15 is 0 Å². The fraction of sp³-hybridized carbons (Fsp3) is 0.471. The first-order valence-electron chi connectivity index (χ1n) is 7.14. The maximum absolute atomic E-state index is 9.70. The molecule has 0 amide bonds. The van der Waals surface area contributed by atoms with Crippen molar-refractivity contribution in [2.45, 2.75) is 44.3 Å². The Kier molecular flexibility index (Phi) is 6.52. The van der Waals surface area contributed by atoms with Crippen LogP contribution in [0, 0.1) is 11.3 Å². The molecule has 0 aliphatic carbocycles. The van der Waals surface area contributed by atoms with Crippen molar-refractivity contribution in [1.82, 2.24) is 0 Å². The van der Waals surface area contributed by atoms with Gasteiger partial charge in [0.25, 0.3) is 0 Å². The molecule has 1 rings (SSSR count). The lowest BCUT2D eigenvalue weighted by molar-refractivity contribution is 0.493. The summed E-state index contributed by atoms with van der Waals surface area (Å²) in [6.45, 7) is 6.95. The van der Waals surface area contributed by atoms with E-state index in [9.17, 15) is 5.26 Å². The van der Waals surface area contributed by atoms with Crippen LogP contribution in [-0.4, -0.2) is 14.0 Å². The third-order valence-electron chi connectivity index (χ3n) is 3.42. The van der Waals surface area contributed by atoms with Gasteiger partial charge in [-0.2, -0.15) is 5.26 Å². The minimum absolute atomic E-state index is 0.452. The van der Waals surface area contributed by atoms with Gasteiger partial charge in [0.2, 0.25) is 0 Å². The second-order valence-electron chi connectivity index (χ2n) is 6.31. The minimum Gasteiger partial charge on any atom is -0.197 e. The summed E-state index contributed by atoms with van der Waals surface area (Å²) >= 11 is 5.94. The van der Waals surface area contributed by atoms with Gasteiger partial charge >= 0.3 is 0 Å². The summed E-state index contributed by atoms with van der Waals surface area (Å²) < 4.78 is 0. The number of halogens is 1. The number of hydrogen-bond acceptors (Lipinski definition) is 1. The number of hydrogen-bond donors (Lipinski definition) is 0. The predicted octanol–water partition coefficient (Wildman–Crippen LogP) is 5.29. The standard InChI is InChI=1S/C17H24ClNSi/c1-20(2,3)14-8-7-11-17(15-19,12-13-18)16-9-5-4-6-10-16/h4-6,8-10,14H,7,11-13H2,1-3H3/b14-8+. The van der Waals surface area contributed by atoms with Crippen LogP contribution in [0.5, 0.6) is 0 Å². The van der Waals surface area contributed by atoms with Crippen LogP contribution < -0.4 is 0 Å². The van der Waals surface area contributed by atoms with Gasteiger partial charge in [-0.25, -0.2) is 0 Å². The molecular formula is C17H24ClNSi. The SMILES string of the molecule is C[Si](C)(C)/C=C/CCC(C#N)(CCCl)c1ccccc1. The number of allylic oxidation sites excluding steroid dienone is 1. The average Bonchev–Trinajstić information content (AvgIpc) is 2.42. The monoisotopic (exact) mass is 305 g/mol. The molecule has 0 N–H and O–H groups in total. The number of alkyl halides is 1. The fourth-order valence-corrected chi connectivity index (χ4v) is 3.47. The Labute approximate surface area is 129 Å². The van der Waals surface area contributed by atoms with Gasteiger partial charge in [-0.3, -0.25) is 0 Å². The van der Waals surface area contributed by atoms with Crippen LogP contribution in [-0.2, 0) is 5.41 Å². The molecule has 0 saturated carbocycles. The van der Waals surface area contributed by atoms with E-state index in [0.29, 0.717) is 12.3 Å². The first-order chi connectivity index (χ1) is 9.43. The van der Waals surface area contributed by atoms with E-state index in [4.69, 9.17) is 11.6 Å².